The van der Waals surface area contributed by atoms with Gasteiger partial charge in [0.2, 0.25) is 0 Å². The molecule has 2 heteroatoms. The Morgan fingerprint density at radius 2 is 0.909 bits per heavy atom. The van der Waals surface area contributed by atoms with E-state index in [1.54, 1.807) is 0 Å². The van der Waals surface area contributed by atoms with Gasteiger partial charge in [0.15, 0.2) is 0 Å². The first kappa shape index (κ1) is 14.6. The number of rotatable bonds is 0. The zero-order valence-electron chi connectivity index (χ0n) is 9.02. The Labute approximate surface area is 96.8 Å². The van der Waals surface area contributed by atoms with E-state index in [0.717, 1.165) is 0 Å². The molecule has 65 valence electrons. The summed E-state index contributed by atoms with van der Waals surface area (Å²) >= 11 is 0. The van der Waals surface area contributed by atoms with Crippen molar-refractivity contribution in [2.24, 2.45) is 0 Å². The first-order valence-electron chi connectivity index (χ1n) is 3.89. The summed E-state index contributed by atoms with van der Waals surface area (Å²) in [5.41, 5.74) is 0.552. The van der Waals surface area contributed by atoms with Crippen molar-refractivity contribution in [1.82, 2.24) is 4.90 Å². The van der Waals surface area contributed by atoms with E-state index >= 15 is 0 Å². The second-order valence-electron chi connectivity index (χ2n) is 4.90. The van der Waals surface area contributed by atoms with Crippen molar-refractivity contribution in [2.45, 2.75) is 52.6 Å². The Hall–Kier alpha value is 1.06. The average molecular weight is 232 g/mol. The van der Waals surface area contributed by atoms with Crippen LogP contribution in [0, 0.1) is 0 Å². The minimum Gasteiger partial charge on any atom is -0.297 e. The molecule has 0 aliphatic heterocycles. The summed E-state index contributed by atoms with van der Waals surface area (Å²) in [7, 11) is 2.17. The largest absolute Gasteiger partial charge is 0.297 e. The standard InChI is InChI=1S/C9H21N.Y/c1-8(2,3)10(7)9(4,5)6;/h1-7H3;. The van der Waals surface area contributed by atoms with E-state index in [9.17, 15) is 0 Å². The second-order valence-corrected chi connectivity index (χ2v) is 4.90. The molecule has 0 rings (SSSR count). The van der Waals surface area contributed by atoms with Crippen molar-refractivity contribution >= 4 is 0 Å². The quantitative estimate of drug-likeness (QED) is 0.620. The predicted molar refractivity (Wildman–Crippen MR) is 47.3 cm³/mol. The molecule has 0 unspecified atom stereocenters. The number of nitrogens with zero attached hydrogens (tertiary/aromatic N) is 1. The van der Waals surface area contributed by atoms with Gasteiger partial charge in [0.1, 0.15) is 0 Å². The summed E-state index contributed by atoms with van der Waals surface area (Å²) in [5.74, 6) is 0. The fourth-order valence-corrected chi connectivity index (χ4v) is 1.01. The molecule has 1 nitrogen and oxygen atoms in total. The molecule has 0 aromatic carbocycles. The van der Waals surface area contributed by atoms with E-state index < -0.39 is 0 Å². The number of hydrogen-bond donors (Lipinski definition) is 0. The van der Waals surface area contributed by atoms with E-state index in [1.165, 1.54) is 0 Å². The molecule has 0 aromatic heterocycles. The first-order chi connectivity index (χ1) is 4.15. The molecular weight excluding hydrogens is 211 g/mol. The molecule has 0 fully saturated rings. The van der Waals surface area contributed by atoms with Crippen molar-refractivity contribution < 1.29 is 32.7 Å². The minimum atomic E-state index is 0. The third-order valence-electron chi connectivity index (χ3n) is 2.01. The molecule has 0 spiro atoms. The van der Waals surface area contributed by atoms with Gasteiger partial charge in [-0.05, 0) is 48.6 Å². The Bertz CT molecular complexity index is 93.7. The maximum absolute atomic E-state index is 2.38. The first-order valence-corrected chi connectivity index (χ1v) is 3.89. The van der Waals surface area contributed by atoms with Crippen molar-refractivity contribution in [2.75, 3.05) is 7.05 Å². The van der Waals surface area contributed by atoms with Crippen LogP contribution in [-0.4, -0.2) is 23.0 Å². The van der Waals surface area contributed by atoms with E-state index in [1.807, 2.05) is 0 Å². The zero-order chi connectivity index (χ0) is 8.58. The summed E-state index contributed by atoms with van der Waals surface area (Å²) in [6.45, 7) is 13.4. The van der Waals surface area contributed by atoms with Crippen LogP contribution in [0.5, 0.6) is 0 Å². The number of hydrogen-bond acceptors (Lipinski definition) is 1. The summed E-state index contributed by atoms with van der Waals surface area (Å²) in [6, 6.07) is 0. The van der Waals surface area contributed by atoms with Crippen LogP contribution in [0.2, 0.25) is 0 Å². The van der Waals surface area contributed by atoms with Crippen molar-refractivity contribution in [3.05, 3.63) is 0 Å². The van der Waals surface area contributed by atoms with E-state index in [2.05, 4.69) is 53.5 Å². The van der Waals surface area contributed by atoms with Crippen LogP contribution >= 0.6 is 0 Å². The Balaban J connectivity index is 0. The molecule has 0 saturated heterocycles. The molecule has 0 heterocycles. The van der Waals surface area contributed by atoms with Crippen LogP contribution in [0.25, 0.3) is 0 Å². The zero-order valence-corrected chi connectivity index (χ0v) is 11.9. The van der Waals surface area contributed by atoms with Crippen molar-refractivity contribution in [3.63, 3.8) is 0 Å². The van der Waals surface area contributed by atoms with Crippen molar-refractivity contribution in [1.29, 1.82) is 0 Å². The monoisotopic (exact) mass is 232 g/mol. The minimum absolute atomic E-state index is 0. The van der Waals surface area contributed by atoms with Crippen LogP contribution in [0.15, 0.2) is 0 Å². The molecular formula is C9H21NY. The van der Waals surface area contributed by atoms with E-state index in [-0.39, 0.29) is 43.8 Å². The van der Waals surface area contributed by atoms with Gasteiger partial charge in [-0.25, -0.2) is 0 Å². The van der Waals surface area contributed by atoms with Crippen LogP contribution < -0.4 is 0 Å². The molecule has 0 aromatic rings. The van der Waals surface area contributed by atoms with Gasteiger partial charge >= 0.3 is 0 Å². The molecule has 0 atom stereocenters. The predicted octanol–water partition coefficient (Wildman–Crippen LogP) is 2.51. The summed E-state index contributed by atoms with van der Waals surface area (Å²) < 4.78 is 0. The van der Waals surface area contributed by atoms with Crippen LogP contribution in [0.1, 0.15) is 41.5 Å². The topological polar surface area (TPSA) is 3.24 Å². The summed E-state index contributed by atoms with van der Waals surface area (Å²) in [4.78, 5) is 2.38. The Kier molecular flexibility index (Phi) is 5.76. The molecule has 0 aliphatic rings. The Morgan fingerprint density at radius 3 is 0.909 bits per heavy atom. The molecule has 0 saturated carbocycles. The van der Waals surface area contributed by atoms with E-state index in [4.69, 9.17) is 0 Å². The fourth-order valence-electron chi connectivity index (χ4n) is 1.01. The summed E-state index contributed by atoms with van der Waals surface area (Å²) in [5, 5.41) is 0. The van der Waals surface area contributed by atoms with Gasteiger partial charge in [-0.1, -0.05) is 0 Å². The summed E-state index contributed by atoms with van der Waals surface area (Å²) in [6.07, 6.45) is 0. The van der Waals surface area contributed by atoms with Gasteiger partial charge in [0.05, 0.1) is 0 Å². The molecule has 0 aliphatic carbocycles. The smallest absolute Gasteiger partial charge is 0.0127 e. The van der Waals surface area contributed by atoms with Gasteiger partial charge < -0.3 is 0 Å². The van der Waals surface area contributed by atoms with Crippen LogP contribution in [-0.2, 0) is 32.7 Å². The molecule has 1 radical (unpaired) electrons. The van der Waals surface area contributed by atoms with Gasteiger partial charge in [-0.2, -0.15) is 0 Å². The Morgan fingerprint density at radius 1 is 0.727 bits per heavy atom. The van der Waals surface area contributed by atoms with Gasteiger partial charge in [0.25, 0.3) is 0 Å². The molecule has 11 heavy (non-hydrogen) atoms. The maximum atomic E-state index is 2.38. The van der Waals surface area contributed by atoms with Crippen molar-refractivity contribution in [3.8, 4) is 0 Å². The van der Waals surface area contributed by atoms with Gasteiger partial charge in [-0.15, -0.1) is 0 Å². The molecule has 0 bridgehead atoms. The maximum Gasteiger partial charge on any atom is 0.0127 e. The molecule has 0 amide bonds. The van der Waals surface area contributed by atoms with E-state index in [0.29, 0.717) is 0 Å². The third-order valence-corrected chi connectivity index (χ3v) is 2.01. The normalized spacial score (nSPS) is 13.1. The second kappa shape index (κ2) is 4.34. The van der Waals surface area contributed by atoms with Crippen LogP contribution in [0.4, 0.5) is 0 Å². The SMILES string of the molecule is CN(C(C)(C)C)C(C)(C)C.[Y]. The average Bonchev–Trinajstić information content (AvgIpc) is 1.59. The van der Waals surface area contributed by atoms with Gasteiger partial charge in [0, 0.05) is 43.8 Å². The third kappa shape index (κ3) is 5.33. The van der Waals surface area contributed by atoms with Gasteiger partial charge in [-0.3, -0.25) is 4.90 Å². The fraction of sp³-hybridized carbons (Fsp3) is 1.00. The van der Waals surface area contributed by atoms with Crippen LogP contribution in [0.3, 0.4) is 0 Å². The molecule has 0 N–H and O–H groups in total.